The maximum atomic E-state index is 13.4. The number of aliphatic imine (C=N–C) groups is 1. The predicted molar refractivity (Wildman–Crippen MR) is 129 cm³/mol. The Morgan fingerprint density at radius 1 is 0.906 bits per heavy atom. The maximum absolute atomic E-state index is 13.4. The molecule has 0 bridgehead atoms. The van der Waals surface area contributed by atoms with Gasteiger partial charge in [0.2, 0.25) is 0 Å². The first kappa shape index (κ1) is 20.8. The zero-order chi connectivity index (χ0) is 22.1. The van der Waals surface area contributed by atoms with E-state index in [1.807, 2.05) is 65.6 Å². The lowest BCUT2D eigenvalue weighted by Gasteiger charge is -2.37. The average Bonchev–Trinajstić information content (AvgIpc) is 3.06. The molecular weight excluding hydrogens is 471 g/mol. The summed E-state index contributed by atoms with van der Waals surface area (Å²) >= 11 is 3.47. The van der Waals surface area contributed by atoms with Gasteiger partial charge in [-0.3, -0.25) is 14.6 Å². The number of halogens is 2. The molecule has 3 aromatic carbocycles. The van der Waals surface area contributed by atoms with E-state index in [2.05, 4.69) is 30.7 Å². The highest BCUT2D eigenvalue weighted by Crippen LogP contribution is 2.31. The molecule has 7 heteroatoms. The van der Waals surface area contributed by atoms with Crippen molar-refractivity contribution >= 4 is 44.6 Å². The molecule has 5 nitrogen and oxygen atoms in total. The van der Waals surface area contributed by atoms with Gasteiger partial charge in [-0.25, -0.2) is 9.38 Å². The van der Waals surface area contributed by atoms with Gasteiger partial charge in [0.1, 0.15) is 11.5 Å². The molecule has 0 atom stereocenters. The van der Waals surface area contributed by atoms with Crippen LogP contribution in [-0.2, 0) is 4.79 Å². The molecule has 1 amide bonds. The molecule has 1 fully saturated rings. The number of rotatable bonds is 4. The van der Waals surface area contributed by atoms with Crippen molar-refractivity contribution < 1.29 is 9.18 Å². The second-order valence-corrected chi connectivity index (χ2v) is 8.83. The van der Waals surface area contributed by atoms with E-state index in [4.69, 9.17) is 0 Å². The van der Waals surface area contributed by atoms with Crippen LogP contribution in [0.5, 0.6) is 0 Å². The molecule has 0 radical (unpaired) electrons. The van der Waals surface area contributed by atoms with Crippen molar-refractivity contribution in [3.63, 3.8) is 0 Å². The first-order valence-corrected chi connectivity index (χ1v) is 11.4. The van der Waals surface area contributed by atoms with Crippen LogP contribution in [0.15, 0.2) is 82.3 Å². The first-order valence-electron chi connectivity index (χ1n) is 10.6. The second kappa shape index (κ2) is 8.84. The quantitative estimate of drug-likeness (QED) is 0.523. The van der Waals surface area contributed by atoms with Gasteiger partial charge in [0.25, 0.3) is 5.91 Å². The van der Waals surface area contributed by atoms with E-state index in [-0.39, 0.29) is 11.7 Å². The molecule has 0 saturated carbocycles. The predicted octanol–water partition coefficient (Wildman–Crippen LogP) is 4.84. The van der Waals surface area contributed by atoms with Crippen molar-refractivity contribution in [2.45, 2.75) is 0 Å². The molecule has 162 valence electrons. The normalized spacial score (nSPS) is 17.8. The molecule has 3 aromatic rings. The van der Waals surface area contributed by atoms with Crippen LogP contribution in [0.4, 0.5) is 21.5 Å². The number of hydrogen-bond donors (Lipinski definition) is 0. The van der Waals surface area contributed by atoms with Crippen LogP contribution in [0.3, 0.4) is 0 Å². The smallest absolute Gasteiger partial charge is 0.278 e. The Morgan fingerprint density at radius 2 is 1.66 bits per heavy atom. The van der Waals surface area contributed by atoms with Gasteiger partial charge in [0.15, 0.2) is 0 Å². The maximum Gasteiger partial charge on any atom is 0.278 e. The number of nitrogens with zero attached hydrogens (tertiary/aromatic N) is 4. The van der Waals surface area contributed by atoms with Gasteiger partial charge in [-0.05, 0) is 48.5 Å². The topological polar surface area (TPSA) is 39.2 Å². The lowest BCUT2D eigenvalue weighted by atomic mass is 10.1. The highest BCUT2D eigenvalue weighted by molar-refractivity contribution is 9.10. The molecule has 5 rings (SSSR count). The van der Waals surface area contributed by atoms with E-state index in [0.29, 0.717) is 12.4 Å². The highest BCUT2D eigenvalue weighted by Gasteiger charge is 2.35. The van der Waals surface area contributed by atoms with Crippen LogP contribution in [0.25, 0.3) is 0 Å². The van der Waals surface area contributed by atoms with Gasteiger partial charge < -0.3 is 4.90 Å². The molecule has 0 aliphatic carbocycles. The third kappa shape index (κ3) is 4.18. The fourth-order valence-corrected chi connectivity index (χ4v) is 4.57. The summed E-state index contributed by atoms with van der Waals surface area (Å²) in [7, 11) is 0. The number of para-hydroxylation sites is 1. The van der Waals surface area contributed by atoms with E-state index in [1.54, 1.807) is 0 Å². The van der Waals surface area contributed by atoms with Crippen molar-refractivity contribution in [1.29, 1.82) is 0 Å². The Balaban J connectivity index is 1.32. The Hall–Kier alpha value is -3.03. The molecule has 0 N–H and O–H groups in total. The van der Waals surface area contributed by atoms with Crippen molar-refractivity contribution in [3.8, 4) is 0 Å². The molecule has 2 aliphatic rings. The zero-order valence-electron chi connectivity index (χ0n) is 17.4. The minimum absolute atomic E-state index is 0.0767. The van der Waals surface area contributed by atoms with Crippen LogP contribution >= 0.6 is 15.9 Å². The monoisotopic (exact) mass is 492 g/mol. The van der Waals surface area contributed by atoms with Crippen LogP contribution in [0.2, 0.25) is 0 Å². The molecule has 2 aliphatic heterocycles. The fraction of sp³-hybridized carbons (Fsp3) is 0.200. The van der Waals surface area contributed by atoms with Gasteiger partial charge in [0.05, 0.1) is 18.0 Å². The van der Waals surface area contributed by atoms with E-state index in [0.717, 1.165) is 53.3 Å². The number of benzene rings is 3. The summed E-state index contributed by atoms with van der Waals surface area (Å²) in [5.74, 6) is -0.300. The number of carbonyl (C=O) groups excluding carboxylic acids is 1. The largest absolute Gasteiger partial charge is 0.369 e. The summed E-state index contributed by atoms with van der Waals surface area (Å²) in [6.45, 7) is 3.82. The first-order chi connectivity index (χ1) is 15.6. The van der Waals surface area contributed by atoms with E-state index >= 15 is 0 Å². The van der Waals surface area contributed by atoms with E-state index in [1.165, 1.54) is 12.1 Å². The molecule has 0 aromatic heterocycles. The summed E-state index contributed by atoms with van der Waals surface area (Å²) in [6, 6.07) is 22.1. The Bertz CT molecular complexity index is 1170. The van der Waals surface area contributed by atoms with E-state index < -0.39 is 0 Å². The van der Waals surface area contributed by atoms with E-state index in [9.17, 15) is 9.18 Å². The van der Waals surface area contributed by atoms with Crippen molar-refractivity contribution in [1.82, 2.24) is 4.90 Å². The van der Waals surface area contributed by atoms with Gasteiger partial charge in [-0.1, -0.05) is 40.2 Å². The molecule has 0 unspecified atom stereocenters. The summed E-state index contributed by atoms with van der Waals surface area (Å²) in [5.41, 5.74) is 4.00. The number of amides is 1. The third-order valence-corrected chi connectivity index (χ3v) is 6.35. The molecule has 2 heterocycles. The van der Waals surface area contributed by atoms with Crippen molar-refractivity contribution in [3.05, 3.63) is 88.6 Å². The minimum Gasteiger partial charge on any atom is -0.369 e. The summed E-state index contributed by atoms with van der Waals surface area (Å²) < 4.78 is 14.1. The van der Waals surface area contributed by atoms with Gasteiger partial charge in [-0.2, -0.15) is 0 Å². The molecule has 32 heavy (non-hydrogen) atoms. The highest BCUT2D eigenvalue weighted by atomic mass is 79.9. The number of hydrogen-bond acceptors (Lipinski definition) is 4. The average molecular weight is 493 g/mol. The Morgan fingerprint density at radius 3 is 2.41 bits per heavy atom. The summed E-state index contributed by atoms with van der Waals surface area (Å²) in [4.78, 5) is 24.4. The standard InChI is InChI=1S/C25H22BrFN4O/c26-18-4-3-5-20(16-18)28-24-22-6-1-2-7-23(22)31(25(24)32)17-29-12-14-30(15-13-29)21-10-8-19(27)9-11-21/h1-11,16H,12-15,17H2. The van der Waals surface area contributed by atoms with Crippen LogP contribution in [0, 0.1) is 5.82 Å². The van der Waals surface area contributed by atoms with Gasteiger partial charge in [0, 0.05) is 41.9 Å². The lowest BCUT2D eigenvalue weighted by molar-refractivity contribution is -0.112. The summed E-state index contributed by atoms with van der Waals surface area (Å²) in [5, 5.41) is 0. The second-order valence-electron chi connectivity index (χ2n) is 7.91. The molecule has 1 saturated heterocycles. The lowest BCUT2D eigenvalue weighted by Crippen LogP contribution is -2.51. The van der Waals surface area contributed by atoms with Crippen molar-refractivity contribution in [2.75, 3.05) is 42.6 Å². The zero-order valence-corrected chi connectivity index (χ0v) is 19.0. The molecule has 0 spiro atoms. The third-order valence-electron chi connectivity index (χ3n) is 5.85. The van der Waals surface area contributed by atoms with Crippen molar-refractivity contribution in [2.24, 2.45) is 4.99 Å². The van der Waals surface area contributed by atoms with Gasteiger partial charge in [-0.15, -0.1) is 0 Å². The van der Waals surface area contributed by atoms with Crippen LogP contribution < -0.4 is 9.80 Å². The molecular formula is C25H22BrFN4O. The SMILES string of the molecule is O=C1C(=Nc2cccc(Br)c2)c2ccccc2N1CN1CCN(c2ccc(F)cc2)CC1. The Labute approximate surface area is 194 Å². The fourth-order valence-electron chi connectivity index (χ4n) is 4.18. The van der Waals surface area contributed by atoms with Crippen LogP contribution in [-0.4, -0.2) is 49.4 Å². The summed E-state index contributed by atoms with van der Waals surface area (Å²) in [6.07, 6.45) is 0. The van der Waals surface area contributed by atoms with Gasteiger partial charge >= 0.3 is 0 Å². The minimum atomic E-state index is -0.223. The number of fused-ring (bicyclic) bond motifs is 1. The van der Waals surface area contributed by atoms with Crippen LogP contribution in [0.1, 0.15) is 5.56 Å². The number of piperazine rings is 1. The Kier molecular flexibility index (Phi) is 5.76. The number of carbonyl (C=O) groups is 1. The number of anilines is 2.